The number of hydrogen-bond donors (Lipinski definition) is 1. The summed E-state index contributed by atoms with van der Waals surface area (Å²) in [5.74, 6) is 0.623. The van der Waals surface area contributed by atoms with Crippen LogP contribution in [0.3, 0.4) is 0 Å². The highest BCUT2D eigenvalue weighted by Gasteiger charge is 2.33. The first-order chi connectivity index (χ1) is 12.1. The van der Waals surface area contributed by atoms with Gasteiger partial charge in [0.1, 0.15) is 5.75 Å². The lowest BCUT2D eigenvalue weighted by Crippen LogP contribution is -2.56. The maximum absolute atomic E-state index is 12.4. The monoisotopic (exact) mass is 347 g/mol. The number of nitrogens with zero attached hydrogens (tertiary/aromatic N) is 2. The van der Waals surface area contributed by atoms with Crippen molar-refractivity contribution >= 4 is 11.8 Å². The van der Waals surface area contributed by atoms with Crippen molar-refractivity contribution in [1.29, 1.82) is 0 Å². The average Bonchev–Trinajstić information content (AvgIpc) is 3.13. The molecule has 0 bridgehead atoms. The van der Waals surface area contributed by atoms with E-state index in [-0.39, 0.29) is 18.2 Å². The molecule has 0 aliphatic carbocycles. The summed E-state index contributed by atoms with van der Waals surface area (Å²) in [6.07, 6.45) is 0.985. The summed E-state index contributed by atoms with van der Waals surface area (Å²) in [6.45, 7) is 5.10. The summed E-state index contributed by atoms with van der Waals surface area (Å²) >= 11 is 0. The largest absolute Gasteiger partial charge is 0.496 e. The van der Waals surface area contributed by atoms with Gasteiger partial charge in [0.2, 0.25) is 11.8 Å². The SMILES string of the molecule is COc1ccc(CN2CCNC(=O)[C@H]2CC(=O)N2CCCO2)cc1C. The first kappa shape index (κ1) is 17.7. The van der Waals surface area contributed by atoms with Crippen molar-refractivity contribution < 1.29 is 19.2 Å². The first-order valence-corrected chi connectivity index (χ1v) is 8.67. The van der Waals surface area contributed by atoms with Gasteiger partial charge in [0.05, 0.1) is 32.7 Å². The van der Waals surface area contributed by atoms with Crippen LogP contribution in [-0.2, 0) is 21.0 Å². The molecule has 136 valence electrons. The van der Waals surface area contributed by atoms with E-state index >= 15 is 0 Å². The zero-order valence-electron chi connectivity index (χ0n) is 14.8. The molecule has 0 saturated carbocycles. The zero-order valence-corrected chi connectivity index (χ0v) is 14.8. The second-order valence-corrected chi connectivity index (χ2v) is 6.47. The molecule has 2 amide bonds. The van der Waals surface area contributed by atoms with E-state index in [1.807, 2.05) is 19.1 Å². The molecule has 2 heterocycles. The van der Waals surface area contributed by atoms with Gasteiger partial charge in [-0.05, 0) is 30.5 Å². The molecule has 1 aromatic rings. The fourth-order valence-electron chi connectivity index (χ4n) is 3.36. The van der Waals surface area contributed by atoms with Crippen LogP contribution >= 0.6 is 0 Å². The van der Waals surface area contributed by atoms with E-state index in [1.54, 1.807) is 7.11 Å². The van der Waals surface area contributed by atoms with E-state index in [2.05, 4.69) is 16.3 Å². The number of aryl methyl sites for hydroxylation is 1. The Morgan fingerprint density at radius 1 is 1.40 bits per heavy atom. The van der Waals surface area contributed by atoms with E-state index in [4.69, 9.17) is 9.57 Å². The number of ether oxygens (including phenoxy) is 1. The Labute approximate surface area is 147 Å². The third kappa shape index (κ3) is 4.11. The number of piperazine rings is 1. The highest BCUT2D eigenvalue weighted by molar-refractivity contribution is 5.88. The van der Waals surface area contributed by atoms with E-state index in [1.165, 1.54) is 5.06 Å². The smallest absolute Gasteiger partial charge is 0.248 e. The Kier molecular flexibility index (Phi) is 5.55. The average molecular weight is 347 g/mol. The number of hydrogen-bond acceptors (Lipinski definition) is 5. The molecule has 7 nitrogen and oxygen atoms in total. The Morgan fingerprint density at radius 2 is 2.24 bits per heavy atom. The standard InChI is InChI=1S/C18H25N3O4/c1-13-10-14(4-5-16(13)24-2)12-20-8-6-19-18(23)15(20)11-17(22)21-7-3-9-25-21/h4-5,10,15H,3,6-9,11-12H2,1-2H3,(H,19,23)/t15-/m1/s1. The summed E-state index contributed by atoms with van der Waals surface area (Å²) in [5, 5.41) is 4.25. The molecular weight excluding hydrogens is 322 g/mol. The number of benzene rings is 1. The molecular formula is C18H25N3O4. The summed E-state index contributed by atoms with van der Waals surface area (Å²) in [7, 11) is 1.65. The summed E-state index contributed by atoms with van der Waals surface area (Å²) in [4.78, 5) is 32.1. The predicted octanol–water partition coefficient (Wildman–Crippen LogP) is 0.858. The minimum Gasteiger partial charge on any atom is -0.496 e. The molecule has 0 unspecified atom stereocenters. The zero-order chi connectivity index (χ0) is 17.8. The molecule has 2 saturated heterocycles. The van der Waals surface area contributed by atoms with Crippen LogP contribution in [0.25, 0.3) is 0 Å². The molecule has 0 radical (unpaired) electrons. The fraction of sp³-hybridized carbons (Fsp3) is 0.556. The molecule has 0 spiro atoms. The molecule has 2 aliphatic rings. The lowest BCUT2D eigenvalue weighted by molar-refractivity contribution is -0.171. The van der Waals surface area contributed by atoms with E-state index in [9.17, 15) is 9.59 Å². The molecule has 0 aromatic heterocycles. The molecule has 2 fully saturated rings. The number of rotatable bonds is 5. The van der Waals surface area contributed by atoms with Gasteiger partial charge < -0.3 is 10.1 Å². The van der Waals surface area contributed by atoms with Crippen LogP contribution in [0.1, 0.15) is 24.0 Å². The van der Waals surface area contributed by atoms with Crippen LogP contribution in [0, 0.1) is 6.92 Å². The predicted molar refractivity (Wildman–Crippen MR) is 91.8 cm³/mol. The molecule has 2 aliphatic heterocycles. The Hall–Kier alpha value is -2.12. The number of carbonyl (C=O) groups is 2. The third-order valence-electron chi connectivity index (χ3n) is 4.69. The highest BCUT2D eigenvalue weighted by Crippen LogP contribution is 2.21. The van der Waals surface area contributed by atoms with E-state index in [0.29, 0.717) is 26.2 Å². The Bertz CT molecular complexity index is 643. The maximum atomic E-state index is 12.4. The van der Waals surface area contributed by atoms with Gasteiger partial charge in [0.25, 0.3) is 0 Å². The minimum absolute atomic E-state index is 0.0935. The summed E-state index contributed by atoms with van der Waals surface area (Å²) < 4.78 is 5.30. The minimum atomic E-state index is -0.465. The first-order valence-electron chi connectivity index (χ1n) is 8.67. The van der Waals surface area contributed by atoms with Gasteiger partial charge in [-0.25, -0.2) is 5.06 Å². The van der Waals surface area contributed by atoms with Gasteiger partial charge in [-0.15, -0.1) is 0 Å². The number of nitrogens with one attached hydrogen (secondary N) is 1. The van der Waals surface area contributed by atoms with Gasteiger partial charge in [0, 0.05) is 19.6 Å². The van der Waals surface area contributed by atoms with Crippen molar-refractivity contribution in [3.05, 3.63) is 29.3 Å². The van der Waals surface area contributed by atoms with E-state index in [0.717, 1.165) is 29.8 Å². The maximum Gasteiger partial charge on any atom is 0.248 e. The van der Waals surface area contributed by atoms with Crippen LogP contribution in [0.2, 0.25) is 0 Å². The molecule has 1 aromatic carbocycles. The number of hydroxylamine groups is 2. The van der Waals surface area contributed by atoms with Crippen LogP contribution in [0.4, 0.5) is 0 Å². The lowest BCUT2D eigenvalue weighted by Gasteiger charge is -2.35. The summed E-state index contributed by atoms with van der Waals surface area (Å²) in [5.41, 5.74) is 2.16. The number of methoxy groups -OCH3 is 1. The Morgan fingerprint density at radius 3 is 2.92 bits per heavy atom. The van der Waals surface area contributed by atoms with Gasteiger partial charge >= 0.3 is 0 Å². The quantitative estimate of drug-likeness (QED) is 0.855. The second kappa shape index (κ2) is 7.84. The van der Waals surface area contributed by atoms with Crippen molar-refractivity contribution in [1.82, 2.24) is 15.3 Å². The molecule has 25 heavy (non-hydrogen) atoms. The van der Waals surface area contributed by atoms with Crippen LogP contribution < -0.4 is 10.1 Å². The molecule has 3 rings (SSSR count). The normalized spacial score (nSPS) is 21.3. The van der Waals surface area contributed by atoms with Crippen molar-refractivity contribution in [2.75, 3.05) is 33.4 Å². The van der Waals surface area contributed by atoms with Crippen LogP contribution in [-0.4, -0.2) is 61.2 Å². The number of carbonyl (C=O) groups excluding carboxylic acids is 2. The molecule has 1 N–H and O–H groups in total. The second-order valence-electron chi connectivity index (χ2n) is 6.47. The van der Waals surface area contributed by atoms with Crippen molar-refractivity contribution in [3.8, 4) is 5.75 Å². The number of amides is 2. The van der Waals surface area contributed by atoms with Crippen molar-refractivity contribution in [2.45, 2.75) is 32.4 Å². The third-order valence-corrected chi connectivity index (χ3v) is 4.69. The van der Waals surface area contributed by atoms with Gasteiger partial charge in [-0.2, -0.15) is 0 Å². The highest BCUT2D eigenvalue weighted by atomic mass is 16.7. The topological polar surface area (TPSA) is 71.1 Å². The fourth-order valence-corrected chi connectivity index (χ4v) is 3.36. The van der Waals surface area contributed by atoms with E-state index < -0.39 is 6.04 Å². The summed E-state index contributed by atoms with van der Waals surface area (Å²) in [6, 6.07) is 5.54. The van der Waals surface area contributed by atoms with Crippen molar-refractivity contribution in [3.63, 3.8) is 0 Å². The van der Waals surface area contributed by atoms with Crippen LogP contribution in [0.15, 0.2) is 18.2 Å². The molecule has 1 atom stereocenters. The van der Waals surface area contributed by atoms with Gasteiger partial charge in [0.15, 0.2) is 0 Å². The van der Waals surface area contributed by atoms with Gasteiger partial charge in [-0.1, -0.05) is 12.1 Å². The van der Waals surface area contributed by atoms with Crippen molar-refractivity contribution in [2.24, 2.45) is 0 Å². The van der Waals surface area contributed by atoms with Gasteiger partial charge in [-0.3, -0.25) is 19.3 Å². The molecule has 7 heteroatoms. The lowest BCUT2D eigenvalue weighted by atomic mass is 10.1. The Balaban J connectivity index is 1.69. The van der Waals surface area contributed by atoms with Crippen LogP contribution in [0.5, 0.6) is 5.75 Å².